The Morgan fingerprint density at radius 2 is 2.21 bits per heavy atom. The minimum absolute atomic E-state index is 0.200. The lowest BCUT2D eigenvalue weighted by Gasteiger charge is -2.27. The van der Waals surface area contributed by atoms with Gasteiger partial charge in [0.1, 0.15) is 0 Å². The summed E-state index contributed by atoms with van der Waals surface area (Å²) in [6.07, 6.45) is 4.61. The summed E-state index contributed by atoms with van der Waals surface area (Å²) < 4.78 is 0. The smallest absolute Gasteiger partial charge is 0.254 e. The summed E-state index contributed by atoms with van der Waals surface area (Å²) in [5.41, 5.74) is 3.68. The highest BCUT2D eigenvalue weighted by molar-refractivity contribution is 5.94. The molecule has 1 atom stereocenters. The van der Waals surface area contributed by atoms with Crippen LogP contribution in [0.1, 0.15) is 41.3 Å². The van der Waals surface area contributed by atoms with Crippen LogP contribution in [-0.2, 0) is 12.8 Å². The minimum atomic E-state index is 0.200. The van der Waals surface area contributed by atoms with Crippen molar-refractivity contribution in [2.24, 2.45) is 0 Å². The standard InChI is InChI=1S/C16H22N2O/c1-2-18(15-8-9-17-11-15)16(19)14-7-6-12-4-3-5-13(12)10-14/h6-7,10,15,17H,2-5,8-9,11H2,1H3. The SMILES string of the molecule is CCN(C(=O)c1ccc2c(c1)CCC2)C1CCNC1. The zero-order valence-corrected chi connectivity index (χ0v) is 11.6. The van der Waals surface area contributed by atoms with Crippen LogP contribution < -0.4 is 5.32 Å². The van der Waals surface area contributed by atoms with E-state index in [0.29, 0.717) is 6.04 Å². The van der Waals surface area contributed by atoms with Crippen molar-refractivity contribution < 1.29 is 4.79 Å². The minimum Gasteiger partial charge on any atom is -0.335 e. The molecular formula is C16H22N2O. The molecule has 3 heteroatoms. The molecule has 1 amide bonds. The predicted molar refractivity (Wildman–Crippen MR) is 76.5 cm³/mol. The zero-order chi connectivity index (χ0) is 13.2. The Labute approximate surface area is 115 Å². The van der Waals surface area contributed by atoms with Gasteiger partial charge >= 0.3 is 0 Å². The number of carbonyl (C=O) groups is 1. The number of fused-ring (bicyclic) bond motifs is 1. The second-order valence-corrected chi connectivity index (χ2v) is 5.57. The molecule has 3 rings (SSSR count). The van der Waals surface area contributed by atoms with Gasteiger partial charge in [-0.1, -0.05) is 6.07 Å². The fourth-order valence-corrected chi connectivity index (χ4v) is 3.34. The molecule has 1 fully saturated rings. The molecule has 1 N–H and O–H groups in total. The Bertz CT molecular complexity index is 478. The summed E-state index contributed by atoms with van der Waals surface area (Å²) >= 11 is 0. The number of nitrogens with zero attached hydrogens (tertiary/aromatic N) is 1. The highest BCUT2D eigenvalue weighted by Crippen LogP contribution is 2.24. The van der Waals surface area contributed by atoms with E-state index in [1.54, 1.807) is 0 Å². The van der Waals surface area contributed by atoms with Crippen molar-refractivity contribution in [2.75, 3.05) is 19.6 Å². The fourth-order valence-electron chi connectivity index (χ4n) is 3.34. The molecule has 0 spiro atoms. The first kappa shape index (κ1) is 12.7. The van der Waals surface area contributed by atoms with E-state index >= 15 is 0 Å². The average molecular weight is 258 g/mol. The summed E-state index contributed by atoms with van der Waals surface area (Å²) in [6.45, 7) is 4.83. The van der Waals surface area contributed by atoms with E-state index in [2.05, 4.69) is 24.4 Å². The zero-order valence-electron chi connectivity index (χ0n) is 11.6. The lowest BCUT2D eigenvalue weighted by Crippen LogP contribution is -2.41. The van der Waals surface area contributed by atoms with Gasteiger partial charge in [0.05, 0.1) is 0 Å². The summed E-state index contributed by atoms with van der Waals surface area (Å²) in [7, 11) is 0. The summed E-state index contributed by atoms with van der Waals surface area (Å²) in [6, 6.07) is 6.65. The number of benzene rings is 1. The van der Waals surface area contributed by atoms with Crippen molar-refractivity contribution in [3.63, 3.8) is 0 Å². The number of likely N-dealkylation sites (N-methyl/N-ethyl adjacent to an activating group) is 1. The second-order valence-electron chi connectivity index (χ2n) is 5.57. The Morgan fingerprint density at radius 3 is 2.95 bits per heavy atom. The lowest BCUT2D eigenvalue weighted by molar-refractivity contribution is 0.0703. The van der Waals surface area contributed by atoms with Gasteiger partial charge in [0.2, 0.25) is 0 Å². The topological polar surface area (TPSA) is 32.3 Å². The van der Waals surface area contributed by atoms with Crippen molar-refractivity contribution in [3.05, 3.63) is 34.9 Å². The van der Waals surface area contributed by atoms with Crippen molar-refractivity contribution >= 4 is 5.91 Å². The summed E-state index contributed by atoms with van der Waals surface area (Å²) in [5, 5.41) is 3.34. The van der Waals surface area contributed by atoms with E-state index < -0.39 is 0 Å². The van der Waals surface area contributed by atoms with E-state index in [-0.39, 0.29) is 5.91 Å². The van der Waals surface area contributed by atoms with Crippen molar-refractivity contribution in [1.82, 2.24) is 10.2 Å². The molecule has 19 heavy (non-hydrogen) atoms. The number of amides is 1. The van der Waals surface area contributed by atoms with Crippen molar-refractivity contribution in [2.45, 2.75) is 38.6 Å². The van der Waals surface area contributed by atoms with Crippen LogP contribution >= 0.6 is 0 Å². The second kappa shape index (κ2) is 5.33. The molecule has 0 radical (unpaired) electrons. The number of aryl methyl sites for hydroxylation is 2. The van der Waals surface area contributed by atoms with Crippen LogP contribution in [0.5, 0.6) is 0 Å². The largest absolute Gasteiger partial charge is 0.335 e. The maximum Gasteiger partial charge on any atom is 0.254 e. The predicted octanol–water partition coefficient (Wildman–Crippen LogP) is 2.00. The molecule has 1 aromatic carbocycles. The van der Waals surface area contributed by atoms with E-state index in [0.717, 1.165) is 38.0 Å². The average Bonchev–Trinajstić information content (AvgIpc) is 3.09. The molecular weight excluding hydrogens is 236 g/mol. The van der Waals surface area contributed by atoms with Crippen LogP contribution in [0.4, 0.5) is 0 Å². The molecule has 2 aliphatic rings. The molecule has 1 heterocycles. The molecule has 1 aromatic rings. The molecule has 1 aliphatic heterocycles. The van der Waals surface area contributed by atoms with Gasteiger partial charge in [-0.05, 0) is 62.4 Å². The van der Waals surface area contributed by atoms with Gasteiger partial charge in [-0.15, -0.1) is 0 Å². The van der Waals surface area contributed by atoms with Gasteiger partial charge in [0, 0.05) is 24.7 Å². The van der Waals surface area contributed by atoms with Crippen LogP contribution in [-0.4, -0.2) is 36.5 Å². The Kier molecular flexibility index (Phi) is 3.56. The van der Waals surface area contributed by atoms with E-state index in [9.17, 15) is 4.79 Å². The van der Waals surface area contributed by atoms with Crippen LogP contribution in [0.2, 0.25) is 0 Å². The first-order valence-electron chi connectivity index (χ1n) is 7.43. The van der Waals surface area contributed by atoms with Gasteiger partial charge < -0.3 is 10.2 Å². The van der Waals surface area contributed by atoms with Gasteiger partial charge in [-0.25, -0.2) is 0 Å². The fraction of sp³-hybridized carbons (Fsp3) is 0.562. The molecule has 3 nitrogen and oxygen atoms in total. The summed E-state index contributed by atoms with van der Waals surface area (Å²) in [4.78, 5) is 14.7. The normalized spacial score (nSPS) is 21.4. The van der Waals surface area contributed by atoms with Crippen molar-refractivity contribution in [3.8, 4) is 0 Å². The number of hydrogen-bond donors (Lipinski definition) is 1. The Morgan fingerprint density at radius 1 is 1.37 bits per heavy atom. The molecule has 102 valence electrons. The molecule has 1 unspecified atom stereocenters. The number of hydrogen-bond acceptors (Lipinski definition) is 2. The molecule has 1 aliphatic carbocycles. The van der Waals surface area contributed by atoms with Gasteiger partial charge in [-0.3, -0.25) is 4.79 Å². The van der Waals surface area contributed by atoms with E-state index in [4.69, 9.17) is 0 Å². The third kappa shape index (κ3) is 2.39. The van der Waals surface area contributed by atoms with Crippen LogP contribution in [0.3, 0.4) is 0 Å². The number of rotatable bonds is 3. The highest BCUT2D eigenvalue weighted by Gasteiger charge is 2.26. The third-order valence-electron chi connectivity index (χ3n) is 4.42. The first-order valence-corrected chi connectivity index (χ1v) is 7.43. The lowest BCUT2D eigenvalue weighted by atomic mass is 10.0. The van der Waals surface area contributed by atoms with Gasteiger partial charge in [-0.2, -0.15) is 0 Å². The molecule has 0 saturated carbocycles. The Hall–Kier alpha value is -1.35. The van der Waals surface area contributed by atoms with Crippen molar-refractivity contribution in [1.29, 1.82) is 0 Å². The van der Waals surface area contributed by atoms with E-state index in [1.165, 1.54) is 24.0 Å². The Balaban J connectivity index is 1.81. The highest BCUT2D eigenvalue weighted by atomic mass is 16.2. The first-order chi connectivity index (χ1) is 9.29. The third-order valence-corrected chi connectivity index (χ3v) is 4.42. The maximum absolute atomic E-state index is 12.7. The molecule has 0 aromatic heterocycles. The van der Waals surface area contributed by atoms with E-state index in [1.807, 2.05) is 11.0 Å². The number of carbonyl (C=O) groups excluding carboxylic acids is 1. The van der Waals surface area contributed by atoms with Gasteiger partial charge in [0.25, 0.3) is 5.91 Å². The van der Waals surface area contributed by atoms with Crippen LogP contribution in [0.25, 0.3) is 0 Å². The quantitative estimate of drug-likeness (QED) is 0.899. The van der Waals surface area contributed by atoms with Gasteiger partial charge in [0.15, 0.2) is 0 Å². The van der Waals surface area contributed by atoms with Crippen LogP contribution in [0.15, 0.2) is 18.2 Å². The monoisotopic (exact) mass is 258 g/mol. The molecule has 1 saturated heterocycles. The van der Waals surface area contributed by atoms with Crippen LogP contribution in [0, 0.1) is 0 Å². The molecule has 0 bridgehead atoms. The summed E-state index contributed by atoms with van der Waals surface area (Å²) in [5.74, 6) is 0.200. The maximum atomic E-state index is 12.7. The number of nitrogens with one attached hydrogen (secondary N) is 1.